The zero-order chi connectivity index (χ0) is 13.8. The number of fused-ring (bicyclic) bond motifs is 1. The van der Waals surface area contributed by atoms with Gasteiger partial charge in [0.15, 0.2) is 0 Å². The molecular weight excluding hydrogens is 248 g/mol. The molecule has 3 rings (SSSR count). The minimum Gasteiger partial charge on any atom is -0.492 e. The molecule has 0 aromatic heterocycles. The highest BCUT2D eigenvalue weighted by atomic mass is 16.5. The van der Waals surface area contributed by atoms with E-state index in [1.54, 1.807) is 0 Å². The number of hydrogen-bond acceptors (Lipinski definition) is 3. The van der Waals surface area contributed by atoms with Crippen molar-refractivity contribution in [2.24, 2.45) is 0 Å². The van der Waals surface area contributed by atoms with E-state index < -0.39 is 0 Å². The Balaban J connectivity index is 1.79. The van der Waals surface area contributed by atoms with Crippen LogP contribution in [0.4, 0.5) is 0 Å². The third-order valence-corrected chi connectivity index (χ3v) is 4.72. The fourth-order valence-corrected chi connectivity index (χ4v) is 3.62. The maximum absolute atomic E-state index is 6.01. The van der Waals surface area contributed by atoms with Gasteiger partial charge in [0.2, 0.25) is 0 Å². The summed E-state index contributed by atoms with van der Waals surface area (Å²) in [5.74, 6) is 1.05. The molecule has 0 aliphatic carbocycles. The maximum atomic E-state index is 6.01. The molecule has 2 heterocycles. The van der Waals surface area contributed by atoms with Gasteiger partial charge in [-0.25, -0.2) is 0 Å². The molecule has 1 saturated heterocycles. The average molecular weight is 274 g/mol. The largest absolute Gasteiger partial charge is 0.492 e. The van der Waals surface area contributed by atoms with Gasteiger partial charge in [-0.05, 0) is 39.0 Å². The van der Waals surface area contributed by atoms with Crippen LogP contribution in [-0.4, -0.2) is 37.7 Å². The molecule has 2 aliphatic heterocycles. The Labute approximate surface area is 122 Å². The van der Waals surface area contributed by atoms with Gasteiger partial charge in [-0.3, -0.25) is 4.90 Å². The number of likely N-dealkylation sites (tertiary alicyclic amines) is 1. The van der Waals surface area contributed by atoms with E-state index in [0.717, 1.165) is 12.4 Å². The number of hydrogen-bond donors (Lipinski definition) is 1. The summed E-state index contributed by atoms with van der Waals surface area (Å²) in [5, 5.41) is 3.52. The number of nitrogens with one attached hydrogen (secondary N) is 1. The molecule has 3 heteroatoms. The molecule has 2 atom stereocenters. The van der Waals surface area contributed by atoms with Crippen LogP contribution in [0.15, 0.2) is 24.3 Å². The van der Waals surface area contributed by atoms with E-state index in [1.807, 2.05) is 0 Å². The van der Waals surface area contributed by atoms with Crippen molar-refractivity contribution in [3.63, 3.8) is 0 Å². The van der Waals surface area contributed by atoms with Gasteiger partial charge in [0.1, 0.15) is 12.4 Å². The highest BCUT2D eigenvalue weighted by Gasteiger charge is 2.33. The Bertz CT molecular complexity index is 427. The van der Waals surface area contributed by atoms with Gasteiger partial charge < -0.3 is 10.1 Å². The van der Waals surface area contributed by atoms with Crippen LogP contribution in [-0.2, 0) is 0 Å². The second-order valence-corrected chi connectivity index (χ2v) is 5.99. The van der Waals surface area contributed by atoms with E-state index in [2.05, 4.69) is 41.5 Å². The van der Waals surface area contributed by atoms with Crippen molar-refractivity contribution < 1.29 is 4.74 Å². The van der Waals surface area contributed by atoms with Crippen molar-refractivity contribution in [1.82, 2.24) is 10.2 Å². The fraction of sp³-hybridized carbons (Fsp3) is 0.647. The van der Waals surface area contributed by atoms with Crippen molar-refractivity contribution >= 4 is 0 Å². The zero-order valence-corrected chi connectivity index (χ0v) is 12.5. The summed E-state index contributed by atoms with van der Waals surface area (Å²) in [7, 11) is 2.07. The van der Waals surface area contributed by atoms with Crippen LogP contribution < -0.4 is 10.1 Å². The van der Waals surface area contributed by atoms with Gasteiger partial charge in [-0.1, -0.05) is 37.5 Å². The molecule has 1 aromatic carbocycles. The molecule has 20 heavy (non-hydrogen) atoms. The summed E-state index contributed by atoms with van der Waals surface area (Å²) in [6.07, 6.45) is 6.83. The molecule has 1 aromatic rings. The monoisotopic (exact) mass is 274 g/mol. The van der Waals surface area contributed by atoms with Crippen LogP contribution in [0.2, 0.25) is 0 Å². The van der Waals surface area contributed by atoms with Crippen molar-refractivity contribution in [1.29, 1.82) is 0 Å². The smallest absolute Gasteiger partial charge is 0.124 e. The molecule has 0 spiro atoms. The topological polar surface area (TPSA) is 24.5 Å². The molecular formula is C17H26N2O. The standard InChI is InChI=1S/C17H26N2O/c1-18-17-14-9-5-6-10-16(14)20-13-15(17)19-11-7-3-2-4-8-12-19/h5-6,9-10,15,17-18H,2-4,7-8,11-13H2,1H3. The summed E-state index contributed by atoms with van der Waals surface area (Å²) < 4.78 is 6.01. The summed E-state index contributed by atoms with van der Waals surface area (Å²) >= 11 is 0. The van der Waals surface area contributed by atoms with Gasteiger partial charge in [0, 0.05) is 5.56 Å². The number of nitrogens with zero attached hydrogens (tertiary/aromatic N) is 1. The second kappa shape index (κ2) is 6.59. The highest BCUT2D eigenvalue weighted by molar-refractivity contribution is 5.38. The van der Waals surface area contributed by atoms with Crippen LogP contribution >= 0.6 is 0 Å². The van der Waals surface area contributed by atoms with Crippen LogP contribution in [0, 0.1) is 0 Å². The Kier molecular flexibility index (Phi) is 4.58. The molecule has 0 amide bonds. The molecule has 1 N–H and O–H groups in total. The van der Waals surface area contributed by atoms with E-state index in [9.17, 15) is 0 Å². The molecule has 2 aliphatic rings. The molecule has 2 unspecified atom stereocenters. The van der Waals surface area contributed by atoms with Gasteiger partial charge in [-0.2, -0.15) is 0 Å². The third kappa shape index (κ3) is 2.84. The van der Waals surface area contributed by atoms with E-state index >= 15 is 0 Å². The lowest BCUT2D eigenvalue weighted by Crippen LogP contribution is -2.50. The van der Waals surface area contributed by atoms with Gasteiger partial charge in [0.05, 0.1) is 12.1 Å². The van der Waals surface area contributed by atoms with Crippen molar-refractivity contribution in [2.75, 3.05) is 26.7 Å². The quantitative estimate of drug-likeness (QED) is 0.897. The number of rotatable bonds is 2. The van der Waals surface area contributed by atoms with Crippen molar-refractivity contribution in [3.05, 3.63) is 29.8 Å². The maximum Gasteiger partial charge on any atom is 0.124 e. The molecule has 0 bridgehead atoms. The van der Waals surface area contributed by atoms with Crippen LogP contribution in [0.25, 0.3) is 0 Å². The zero-order valence-electron chi connectivity index (χ0n) is 12.5. The first kappa shape index (κ1) is 13.9. The summed E-state index contributed by atoms with van der Waals surface area (Å²) in [5.41, 5.74) is 1.31. The number of benzene rings is 1. The second-order valence-electron chi connectivity index (χ2n) is 5.99. The first-order chi connectivity index (χ1) is 9.90. The van der Waals surface area contributed by atoms with Gasteiger partial charge >= 0.3 is 0 Å². The predicted molar refractivity (Wildman–Crippen MR) is 82.2 cm³/mol. The van der Waals surface area contributed by atoms with E-state index in [0.29, 0.717) is 12.1 Å². The number of ether oxygens (including phenoxy) is 1. The van der Waals surface area contributed by atoms with E-state index in [1.165, 1.54) is 50.8 Å². The van der Waals surface area contributed by atoms with Gasteiger partial charge in [-0.15, -0.1) is 0 Å². The highest BCUT2D eigenvalue weighted by Crippen LogP contribution is 2.34. The number of para-hydroxylation sites is 1. The van der Waals surface area contributed by atoms with Crippen LogP contribution in [0.5, 0.6) is 5.75 Å². The van der Waals surface area contributed by atoms with E-state index in [-0.39, 0.29) is 0 Å². The lowest BCUT2D eigenvalue weighted by Gasteiger charge is -2.41. The van der Waals surface area contributed by atoms with Crippen molar-refractivity contribution in [2.45, 2.75) is 44.2 Å². The average Bonchev–Trinajstić information content (AvgIpc) is 2.46. The molecule has 3 nitrogen and oxygen atoms in total. The molecule has 110 valence electrons. The SMILES string of the molecule is CNC1c2ccccc2OCC1N1CCCCCCC1. The third-order valence-electron chi connectivity index (χ3n) is 4.72. The summed E-state index contributed by atoms with van der Waals surface area (Å²) in [4.78, 5) is 2.65. The first-order valence-electron chi connectivity index (χ1n) is 8.03. The minimum absolute atomic E-state index is 0.388. The fourth-order valence-electron chi connectivity index (χ4n) is 3.62. The van der Waals surface area contributed by atoms with E-state index in [4.69, 9.17) is 4.74 Å². The summed E-state index contributed by atoms with van der Waals surface area (Å²) in [6, 6.07) is 9.31. The number of likely N-dealkylation sites (N-methyl/N-ethyl adjacent to an activating group) is 1. The minimum atomic E-state index is 0.388. The summed E-state index contributed by atoms with van der Waals surface area (Å²) in [6.45, 7) is 3.24. The lowest BCUT2D eigenvalue weighted by molar-refractivity contribution is 0.0812. The Morgan fingerprint density at radius 2 is 1.75 bits per heavy atom. The molecule has 0 radical (unpaired) electrons. The molecule has 0 saturated carbocycles. The normalized spacial score (nSPS) is 28.1. The molecule has 1 fully saturated rings. The first-order valence-corrected chi connectivity index (χ1v) is 8.03. The van der Waals surface area contributed by atoms with Crippen molar-refractivity contribution in [3.8, 4) is 5.75 Å². The van der Waals surface area contributed by atoms with Crippen LogP contribution in [0.3, 0.4) is 0 Å². The lowest BCUT2D eigenvalue weighted by atomic mass is 9.94. The van der Waals surface area contributed by atoms with Crippen LogP contribution in [0.1, 0.15) is 43.7 Å². The predicted octanol–water partition coefficient (Wildman–Crippen LogP) is 2.97. The Morgan fingerprint density at radius 3 is 2.50 bits per heavy atom. The van der Waals surface area contributed by atoms with Gasteiger partial charge in [0.25, 0.3) is 0 Å². The Morgan fingerprint density at radius 1 is 1.05 bits per heavy atom. The Hall–Kier alpha value is -1.06.